The smallest absolute Gasteiger partial charge is 0.000934 e. The average Bonchev–Trinajstić information content (AvgIpc) is 2.37. The topological polar surface area (TPSA) is 15.3 Å². The summed E-state index contributed by atoms with van der Waals surface area (Å²) in [6.07, 6.45) is 5.29. The first-order chi connectivity index (χ1) is 8.63. The third kappa shape index (κ3) is 9.90. The van der Waals surface area contributed by atoms with E-state index in [0.717, 1.165) is 18.4 Å². The third-order valence-corrected chi connectivity index (χ3v) is 3.75. The van der Waals surface area contributed by atoms with Gasteiger partial charge < -0.3 is 10.2 Å². The molecule has 0 radical (unpaired) electrons. The highest BCUT2D eigenvalue weighted by Gasteiger charge is 2.09. The summed E-state index contributed by atoms with van der Waals surface area (Å²) in [5.74, 6) is 1.66. The Balaban J connectivity index is 3.55. The second kappa shape index (κ2) is 12.0. The molecule has 0 heterocycles. The van der Waals surface area contributed by atoms with Crippen LogP contribution in [0.2, 0.25) is 0 Å². The zero-order valence-corrected chi connectivity index (χ0v) is 13.5. The Labute approximate surface area is 116 Å². The van der Waals surface area contributed by atoms with E-state index < -0.39 is 0 Å². The Morgan fingerprint density at radius 3 is 2.17 bits per heavy atom. The highest BCUT2D eigenvalue weighted by molar-refractivity contribution is 4.63. The standard InChI is InChI=1S/C16H36N2/c1-6-16(7-2)14-18(8-3)12-10-9-11-17-13-15(4)5/h15-17H,6-14H2,1-5H3. The molecule has 0 aliphatic rings. The van der Waals surface area contributed by atoms with Gasteiger partial charge in [-0.1, -0.05) is 47.5 Å². The molecule has 0 saturated heterocycles. The summed E-state index contributed by atoms with van der Waals surface area (Å²) >= 11 is 0. The molecular formula is C16H36N2. The fourth-order valence-corrected chi connectivity index (χ4v) is 2.27. The third-order valence-electron chi connectivity index (χ3n) is 3.75. The van der Waals surface area contributed by atoms with Crippen LogP contribution < -0.4 is 5.32 Å². The number of nitrogens with zero attached hydrogens (tertiary/aromatic N) is 1. The van der Waals surface area contributed by atoms with Crippen LogP contribution in [0.25, 0.3) is 0 Å². The van der Waals surface area contributed by atoms with Crippen molar-refractivity contribution in [2.45, 2.75) is 60.3 Å². The molecule has 2 heteroatoms. The summed E-state index contributed by atoms with van der Waals surface area (Å²) < 4.78 is 0. The molecule has 0 aliphatic heterocycles. The first-order valence-electron chi connectivity index (χ1n) is 8.06. The van der Waals surface area contributed by atoms with Gasteiger partial charge in [-0.05, 0) is 50.9 Å². The Kier molecular flexibility index (Phi) is 11.9. The predicted molar refractivity (Wildman–Crippen MR) is 83.1 cm³/mol. The lowest BCUT2D eigenvalue weighted by Crippen LogP contribution is -2.30. The summed E-state index contributed by atoms with van der Waals surface area (Å²) in [6, 6.07) is 0. The van der Waals surface area contributed by atoms with E-state index >= 15 is 0 Å². The molecule has 0 aromatic heterocycles. The summed E-state index contributed by atoms with van der Waals surface area (Å²) in [5.41, 5.74) is 0. The number of rotatable bonds is 12. The van der Waals surface area contributed by atoms with E-state index in [1.54, 1.807) is 0 Å². The van der Waals surface area contributed by atoms with Gasteiger partial charge in [0.15, 0.2) is 0 Å². The van der Waals surface area contributed by atoms with Crippen molar-refractivity contribution in [2.24, 2.45) is 11.8 Å². The summed E-state index contributed by atoms with van der Waals surface area (Å²) in [6.45, 7) is 17.6. The lowest BCUT2D eigenvalue weighted by atomic mass is 10.0. The minimum absolute atomic E-state index is 0.770. The van der Waals surface area contributed by atoms with Gasteiger partial charge in [-0.3, -0.25) is 0 Å². The Hall–Kier alpha value is -0.0800. The van der Waals surface area contributed by atoms with E-state index in [9.17, 15) is 0 Å². The van der Waals surface area contributed by atoms with Crippen molar-refractivity contribution in [3.8, 4) is 0 Å². The molecule has 0 amide bonds. The number of hydrogen-bond acceptors (Lipinski definition) is 2. The van der Waals surface area contributed by atoms with Crippen molar-refractivity contribution < 1.29 is 0 Å². The van der Waals surface area contributed by atoms with Crippen molar-refractivity contribution >= 4 is 0 Å². The van der Waals surface area contributed by atoms with Gasteiger partial charge in [0.2, 0.25) is 0 Å². The zero-order valence-electron chi connectivity index (χ0n) is 13.5. The second-order valence-corrected chi connectivity index (χ2v) is 5.88. The van der Waals surface area contributed by atoms with Crippen molar-refractivity contribution in [2.75, 3.05) is 32.7 Å². The molecule has 0 saturated carbocycles. The Morgan fingerprint density at radius 2 is 1.67 bits per heavy atom. The lowest BCUT2D eigenvalue weighted by Gasteiger charge is -2.25. The highest BCUT2D eigenvalue weighted by Crippen LogP contribution is 2.10. The van der Waals surface area contributed by atoms with Crippen LogP contribution in [-0.4, -0.2) is 37.6 Å². The minimum Gasteiger partial charge on any atom is -0.316 e. The van der Waals surface area contributed by atoms with Crippen LogP contribution in [0.4, 0.5) is 0 Å². The zero-order chi connectivity index (χ0) is 13.8. The molecule has 110 valence electrons. The molecule has 0 rings (SSSR count). The molecule has 0 aromatic carbocycles. The van der Waals surface area contributed by atoms with Gasteiger partial charge in [-0.15, -0.1) is 0 Å². The SMILES string of the molecule is CCC(CC)CN(CC)CCCCNCC(C)C. The van der Waals surface area contributed by atoms with Crippen LogP contribution in [0.1, 0.15) is 60.3 Å². The predicted octanol–water partition coefficient (Wildman–Crippen LogP) is 3.77. The quantitative estimate of drug-likeness (QED) is 0.535. The molecule has 0 atom stereocenters. The number of unbranched alkanes of at least 4 members (excludes halogenated alkanes) is 1. The molecule has 2 nitrogen and oxygen atoms in total. The maximum Gasteiger partial charge on any atom is 0.000934 e. The van der Waals surface area contributed by atoms with Crippen molar-refractivity contribution in [1.82, 2.24) is 10.2 Å². The first kappa shape index (κ1) is 17.9. The number of nitrogens with one attached hydrogen (secondary N) is 1. The molecular weight excluding hydrogens is 220 g/mol. The largest absolute Gasteiger partial charge is 0.316 e. The molecule has 1 N–H and O–H groups in total. The maximum atomic E-state index is 3.52. The summed E-state index contributed by atoms with van der Waals surface area (Å²) in [5, 5.41) is 3.52. The number of hydrogen-bond donors (Lipinski definition) is 1. The van der Waals surface area contributed by atoms with E-state index in [0.29, 0.717) is 0 Å². The Bertz CT molecular complexity index is 164. The lowest BCUT2D eigenvalue weighted by molar-refractivity contribution is 0.229. The molecule has 18 heavy (non-hydrogen) atoms. The van der Waals surface area contributed by atoms with Crippen molar-refractivity contribution in [3.05, 3.63) is 0 Å². The first-order valence-corrected chi connectivity index (χ1v) is 8.06. The highest BCUT2D eigenvalue weighted by atomic mass is 15.1. The van der Waals surface area contributed by atoms with Crippen LogP contribution in [0.15, 0.2) is 0 Å². The molecule has 0 fully saturated rings. The van der Waals surface area contributed by atoms with Gasteiger partial charge in [0, 0.05) is 6.54 Å². The maximum absolute atomic E-state index is 3.52. The second-order valence-electron chi connectivity index (χ2n) is 5.88. The van der Waals surface area contributed by atoms with Crippen LogP contribution in [0.3, 0.4) is 0 Å². The molecule has 0 aliphatic carbocycles. The normalized spacial score (nSPS) is 12.0. The molecule has 0 aromatic rings. The van der Waals surface area contributed by atoms with Gasteiger partial charge in [0.25, 0.3) is 0 Å². The molecule has 0 unspecified atom stereocenters. The van der Waals surface area contributed by atoms with E-state index in [1.807, 2.05) is 0 Å². The van der Waals surface area contributed by atoms with Gasteiger partial charge in [-0.25, -0.2) is 0 Å². The van der Waals surface area contributed by atoms with E-state index in [1.165, 1.54) is 51.9 Å². The van der Waals surface area contributed by atoms with Crippen LogP contribution in [-0.2, 0) is 0 Å². The van der Waals surface area contributed by atoms with Gasteiger partial charge >= 0.3 is 0 Å². The monoisotopic (exact) mass is 256 g/mol. The molecule has 0 spiro atoms. The summed E-state index contributed by atoms with van der Waals surface area (Å²) in [7, 11) is 0. The average molecular weight is 256 g/mol. The summed E-state index contributed by atoms with van der Waals surface area (Å²) in [4.78, 5) is 2.63. The Morgan fingerprint density at radius 1 is 1.00 bits per heavy atom. The fourth-order valence-electron chi connectivity index (χ4n) is 2.27. The van der Waals surface area contributed by atoms with Crippen LogP contribution >= 0.6 is 0 Å². The van der Waals surface area contributed by atoms with Gasteiger partial charge in [0.1, 0.15) is 0 Å². The van der Waals surface area contributed by atoms with E-state index in [4.69, 9.17) is 0 Å². The van der Waals surface area contributed by atoms with E-state index in [2.05, 4.69) is 44.8 Å². The molecule has 0 bridgehead atoms. The fraction of sp³-hybridized carbons (Fsp3) is 1.00. The van der Waals surface area contributed by atoms with Crippen molar-refractivity contribution in [3.63, 3.8) is 0 Å². The van der Waals surface area contributed by atoms with Crippen molar-refractivity contribution in [1.29, 1.82) is 0 Å². The van der Waals surface area contributed by atoms with Crippen LogP contribution in [0, 0.1) is 11.8 Å². The van der Waals surface area contributed by atoms with E-state index in [-0.39, 0.29) is 0 Å². The van der Waals surface area contributed by atoms with Gasteiger partial charge in [0.05, 0.1) is 0 Å². The minimum atomic E-state index is 0.770. The van der Waals surface area contributed by atoms with Crippen LogP contribution in [0.5, 0.6) is 0 Å². The van der Waals surface area contributed by atoms with Gasteiger partial charge in [-0.2, -0.15) is 0 Å².